The Morgan fingerprint density at radius 3 is 2.41 bits per heavy atom. The molecule has 3 rings (SSSR count). The van der Waals surface area contributed by atoms with Gasteiger partial charge in [0.15, 0.2) is 11.0 Å². The first-order valence-corrected chi connectivity index (χ1v) is 11.5. The molecular formula is C24H29N5O2S. The zero-order valence-corrected chi connectivity index (χ0v) is 19.9. The summed E-state index contributed by atoms with van der Waals surface area (Å²) in [6.45, 7) is 8.01. The Morgan fingerprint density at radius 2 is 1.75 bits per heavy atom. The van der Waals surface area contributed by atoms with Crippen molar-refractivity contribution >= 4 is 29.3 Å². The van der Waals surface area contributed by atoms with E-state index in [0.717, 1.165) is 16.8 Å². The zero-order chi connectivity index (χ0) is 23.3. The van der Waals surface area contributed by atoms with E-state index in [1.807, 2.05) is 87.8 Å². The van der Waals surface area contributed by atoms with Crippen LogP contribution in [0.3, 0.4) is 0 Å². The van der Waals surface area contributed by atoms with Crippen LogP contribution in [0, 0.1) is 19.8 Å². The SMILES string of the molecule is Cc1ccc(C(=O)N[C@H](c2nnc(SCC(=O)Nc3cccc(C)c3)n2C)C(C)C)cc1. The lowest BCUT2D eigenvalue weighted by atomic mass is 10.0. The molecule has 2 aromatic carbocycles. The number of nitrogens with one attached hydrogen (secondary N) is 2. The van der Waals surface area contributed by atoms with Crippen LogP contribution >= 0.6 is 11.8 Å². The zero-order valence-electron chi connectivity index (χ0n) is 19.0. The molecule has 0 aliphatic rings. The summed E-state index contributed by atoms with van der Waals surface area (Å²) in [5.74, 6) is 0.704. The third-order valence-corrected chi connectivity index (χ3v) is 6.07. The molecule has 2 N–H and O–H groups in total. The third-order valence-electron chi connectivity index (χ3n) is 5.05. The molecule has 0 unspecified atom stereocenters. The molecule has 1 heterocycles. The van der Waals surface area contributed by atoms with E-state index in [9.17, 15) is 9.59 Å². The van der Waals surface area contributed by atoms with Crippen LogP contribution in [-0.4, -0.2) is 32.3 Å². The molecule has 168 valence electrons. The summed E-state index contributed by atoms with van der Waals surface area (Å²) in [6.07, 6.45) is 0. The standard InChI is InChI=1S/C24H29N5O2S/c1-15(2)21(26-23(31)18-11-9-16(3)10-12-18)22-27-28-24(29(22)5)32-14-20(30)25-19-8-6-7-17(4)13-19/h6-13,15,21H,14H2,1-5H3,(H,25,30)(H,26,31)/t21-/m0/s1. The molecule has 0 spiro atoms. The second-order valence-corrected chi connectivity index (χ2v) is 9.11. The lowest BCUT2D eigenvalue weighted by Gasteiger charge is -2.21. The van der Waals surface area contributed by atoms with Crippen molar-refractivity contribution in [2.75, 3.05) is 11.1 Å². The van der Waals surface area contributed by atoms with Gasteiger partial charge in [0, 0.05) is 18.3 Å². The summed E-state index contributed by atoms with van der Waals surface area (Å²) in [4.78, 5) is 25.1. The van der Waals surface area contributed by atoms with E-state index >= 15 is 0 Å². The molecule has 0 radical (unpaired) electrons. The number of hydrogen-bond acceptors (Lipinski definition) is 5. The maximum absolute atomic E-state index is 12.7. The van der Waals surface area contributed by atoms with E-state index in [1.165, 1.54) is 11.8 Å². The fourth-order valence-electron chi connectivity index (χ4n) is 3.23. The van der Waals surface area contributed by atoms with E-state index in [-0.39, 0.29) is 29.5 Å². The predicted molar refractivity (Wildman–Crippen MR) is 128 cm³/mol. The van der Waals surface area contributed by atoms with Gasteiger partial charge in [0.25, 0.3) is 5.91 Å². The summed E-state index contributed by atoms with van der Waals surface area (Å²) < 4.78 is 1.84. The molecule has 0 aliphatic carbocycles. The van der Waals surface area contributed by atoms with Gasteiger partial charge in [-0.3, -0.25) is 9.59 Å². The van der Waals surface area contributed by atoms with Crippen molar-refractivity contribution in [3.05, 3.63) is 71.0 Å². The largest absolute Gasteiger partial charge is 0.342 e. The molecule has 3 aromatic rings. The van der Waals surface area contributed by atoms with Crippen molar-refractivity contribution in [2.24, 2.45) is 13.0 Å². The van der Waals surface area contributed by atoms with E-state index in [1.54, 1.807) is 0 Å². The number of nitrogens with zero attached hydrogens (tertiary/aromatic N) is 3. The number of aromatic nitrogens is 3. The van der Waals surface area contributed by atoms with E-state index in [2.05, 4.69) is 20.8 Å². The first-order chi connectivity index (χ1) is 15.2. The van der Waals surface area contributed by atoms with E-state index in [4.69, 9.17) is 0 Å². The Labute approximate surface area is 193 Å². The van der Waals surface area contributed by atoms with Crippen LogP contribution in [-0.2, 0) is 11.8 Å². The lowest BCUT2D eigenvalue weighted by molar-refractivity contribution is -0.113. The summed E-state index contributed by atoms with van der Waals surface area (Å²) in [5.41, 5.74) is 3.56. The molecule has 0 saturated heterocycles. The number of benzene rings is 2. The van der Waals surface area contributed by atoms with Gasteiger partial charge in [0.05, 0.1) is 11.8 Å². The number of thioether (sulfide) groups is 1. The van der Waals surface area contributed by atoms with Crippen molar-refractivity contribution in [3.8, 4) is 0 Å². The maximum Gasteiger partial charge on any atom is 0.251 e. The van der Waals surface area contributed by atoms with Crippen molar-refractivity contribution in [1.82, 2.24) is 20.1 Å². The van der Waals surface area contributed by atoms with Crippen LogP contribution in [0.4, 0.5) is 5.69 Å². The highest BCUT2D eigenvalue weighted by Crippen LogP contribution is 2.24. The average Bonchev–Trinajstić information content (AvgIpc) is 3.10. The van der Waals surface area contributed by atoms with Gasteiger partial charge >= 0.3 is 0 Å². The Balaban J connectivity index is 1.66. The summed E-state index contributed by atoms with van der Waals surface area (Å²) in [6, 6.07) is 14.8. The molecule has 2 amide bonds. The van der Waals surface area contributed by atoms with Gasteiger partial charge in [0.2, 0.25) is 5.91 Å². The molecule has 0 aliphatic heterocycles. The van der Waals surface area contributed by atoms with Crippen LogP contribution < -0.4 is 10.6 Å². The van der Waals surface area contributed by atoms with Gasteiger partial charge in [-0.1, -0.05) is 55.4 Å². The number of carbonyl (C=O) groups is 2. The molecule has 1 aromatic heterocycles. The molecule has 8 heteroatoms. The Bertz CT molecular complexity index is 1090. The number of carbonyl (C=O) groups excluding carboxylic acids is 2. The van der Waals surface area contributed by atoms with Crippen molar-refractivity contribution in [1.29, 1.82) is 0 Å². The van der Waals surface area contributed by atoms with E-state index in [0.29, 0.717) is 16.5 Å². The Hall–Kier alpha value is -3.13. The first kappa shape index (κ1) is 23.5. The fraction of sp³-hybridized carbons (Fsp3) is 0.333. The first-order valence-electron chi connectivity index (χ1n) is 10.5. The molecule has 7 nitrogen and oxygen atoms in total. The second kappa shape index (κ2) is 10.5. The molecule has 0 fully saturated rings. The summed E-state index contributed by atoms with van der Waals surface area (Å²) in [7, 11) is 1.85. The normalized spacial score (nSPS) is 11.9. The van der Waals surface area contributed by atoms with Gasteiger partial charge < -0.3 is 15.2 Å². The smallest absolute Gasteiger partial charge is 0.251 e. The number of amides is 2. The third kappa shape index (κ3) is 5.97. The summed E-state index contributed by atoms with van der Waals surface area (Å²) >= 11 is 1.31. The predicted octanol–water partition coefficient (Wildman–Crippen LogP) is 4.29. The van der Waals surface area contributed by atoms with Crippen molar-refractivity contribution in [2.45, 2.75) is 38.9 Å². The molecule has 32 heavy (non-hydrogen) atoms. The Morgan fingerprint density at radius 1 is 1.03 bits per heavy atom. The minimum atomic E-state index is -0.309. The second-order valence-electron chi connectivity index (χ2n) is 8.17. The minimum absolute atomic E-state index is 0.106. The lowest BCUT2D eigenvalue weighted by Crippen LogP contribution is -2.33. The number of hydrogen-bond donors (Lipinski definition) is 2. The van der Waals surface area contributed by atoms with Crippen molar-refractivity contribution < 1.29 is 9.59 Å². The highest BCUT2D eigenvalue weighted by molar-refractivity contribution is 7.99. The topological polar surface area (TPSA) is 88.9 Å². The molecule has 0 bridgehead atoms. The van der Waals surface area contributed by atoms with Gasteiger partial charge in [-0.2, -0.15) is 0 Å². The fourth-order valence-corrected chi connectivity index (χ4v) is 3.95. The number of anilines is 1. The maximum atomic E-state index is 12.7. The van der Waals surface area contributed by atoms with Gasteiger partial charge in [-0.25, -0.2) is 0 Å². The monoisotopic (exact) mass is 451 g/mol. The van der Waals surface area contributed by atoms with Gasteiger partial charge in [-0.15, -0.1) is 10.2 Å². The summed E-state index contributed by atoms with van der Waals surface area (Å²) in [5, 5.41) is 15.2. The molecular weight excluding hydrogens is 422 g/mol. The van der Waals surface area contributed by atoms with Crippen LogP contribution in [0.1, 0.15) is 47.2 Å². The van der Waals surface area contributed by atoms with Crippen LogP contribution in [0.15, 0.2) is 53.7 Å². The van der Waals surface area contributed by atoms with Gasteiger partial charge in [0.1, 0.15) is 0 Å². The van der Waals surface area contributed by atoms with Crippen molar-refractivity contribution in [3.63, 3.8) is 0 Å². The quantitative estimate of drug-likeness (QED) is 0.499. The minimum Gasteiger partial charge on any atom is -0.342 e. The van der Waals surface area contributed by atoms with Crippen LogP contribution in [0.25, 0.3) is 0 Å². The molecule has 0 saturated carbocycles. The number of aryl methyl sites for hydroxylation is 2. The van der Waals surface area contributed by atoms with Crippen LogP contribution in [0.2, 0.25) is 0 Å². The Kier molecular flexibility index (Phi) is 7.69. The highest BCUT2D eigenvalue weighted by Gasteiger charge is 2.25. The molecule has 1 atom stereocenters. The highest BCUT2D eigenvalue weighted by atomic mass is 32.2. The average molecular weight is 452 g/mol. The number of rotatable bonds is 8. The van der Waals surface area contributed by atoms with Gasteiger partial charge in [-0.05, 0) is 49.6 Å². The van der Waals surface area contributed by atoms with Crippen LogP contribution in [0.5, 0.6) is 0 Å². The van der Waals surface area contributed by atoms with E-state index < -0.39 is 0 Å².